The van der Waals surface area contributed by atoms with E-state index < -0.39 is 0 Å². The van der Waals surface area contributed by atoms with Crippen LogP contribution in [0.1, 0.15) is 24.6 Å². The zero-order chi connectivity index (χ0) is 15.7. The van der Waals surface area contributed by atoms with Crippen LogP contribution in [0.15, 0.2) is 30.3 Å². The number of rotatable bonds is 2. The molecule has 0 spiro atoms. The van der Waals surface area contributed by atoms with Gasteiger partial charge in [-0.15, -0.1) is 0 Å². The first-order valence-electron chi connectivity index (χ1n) is 7.42. The van der Waals surface area contributed by atoms with Gasteiger partial charge in [0.1, 0.15) is 10.7 Å². The Morgan fingerprint density at radius 1 is 1.27 bits per heavy atom. The van der Waals surface area contributed by atoms with Crippen molar-refractivity contribution >= 4 is 29.4 Å². The van der Waals surface area contributed by atoms with Crippen LogP contribution in [0, 0.1) is 15.3 Å². The van der Waals surface area contributed by atoms with Crippen molar-refractivity contribution in [2.24, 2.45) is 5.92 Å². The highest BCUT2D eigenvalue weighted by atomic mass is 32.1. The number of amidine groups is 1. The van der Waals surface area contributed by atoms with E-state index >= 15 is 0 Å². The molecule has 6 heteroatoms. The van der Waals surface area contributed by atoms with Gasteiger partial charge in [-0.05, 0) is 43.1 Å². The third kappa shape index (κ3) is 2.80. The Morgan fingerprint density at radius 2 is 1.91 bits per heavy atom. The van der Waals surface area contributed by atoms with Crippen LogP contribution in [-0.4, -0.2) is 33.5 Å². The van der Waals surface area contributed by atoms with Crippen molar-refractivity contribution in [3.8, 4) is 11.6 Å². The zero-order valence-electron chi connectivity index (χ0n) is 12.5. The van der Waals surface area contributed by atoms with Gasteiger partial charge in [0.15, 0.2) is 3.95 Å². The van der Waals surface area contributed by atoms with E-state index in [9.17, 15) is 5.11 Å². The van der Waals surface area contributed by atoms with Gasteiger partial charge in [0.05, 0.1) is 5.69 Å². The first-order valence-corrected chi connectivity index (χ1v) is 8.64. The van der Waals surface area contributed by atoms with E-state index in [1.54, 1.807) is 4.57 Å². The first kappa shape index (κ1) is 15.2. The van der Waals surface area contributed by atoms with E-state index in [0.29, 0.717) is 20.6 Å². The van der Waals surface area contributed by atoms with Gasteiger partial charge < -0.3 is 10.0 Å². The number of aromatic nitrogens is 1. The van der Waals surface area contributed by atoms with Crippen LogP contribution in [0.4, 0.5) is 0 Å². The number of nitrogens with one attached hydrogen (secondary N) is 1. The summed E-state index contributed by atoms with van der Waals surface area (Å²) in [5.41, 5.74) is 0.826. The molecule has 1 saturated heterocycles. The summed E-state index contributed by atoms with van der Waals surface area (Å²) in [6, 6.07) is 9.54. The van der Waals surface area contributed by atoms with Crippen molar-refractivity contribution in [2.45, 2.75) is 19.8 Å². The van der Waals surface area contributed by atoms with Crippen molar-refractivity contribution in [3.63, 3.8) is 0 Å². The molecule has 0 atom stereocenters. The summed E-state index contributed by atoms with van der Waals surface area (Å²) in [5.74, 6) is 1.17. The van der Waals surface area contributed by atoms with Crippen molar-refractivity contribution < 1.29 is 5.11 Å². The molecule has 22 heavy (non-hydrogen) atoms. The Kier molecular flexibility index (Phi) is 4.31. The minimum atomic E-state index is 0.0739. The molecule has 1 aliphatic rings. The second-order valence-corrected chi connectivity index (χ2v) is 7.35. The third-order valence-electron chi connectivity index (χ3n) is 4.12. The van der Waals surface area contributed by atoms with Gasteiger partial charge >= 0.3 is 0 Å². The van der Waals surface area contributed by atoms with Gasteiger partial charge in [-0.3, -0.25) is 9.98 Å². The Balaban J connectivity index is 1.93. The van der Waals surface area contributed by atoms with E-state index in [1.807, 2.05) is 35.2 Å². The molecule has 0 saturated carbocycles. The molecule has 2 heterocycles. The molecule has 2 aromatic rings. The second-order valence-electron chi connectivity index (χ2n) is 5.71. The molecule has 2 N–H and O–H groups in total. The number of nitrogens with zero attached hydrogens (tertiary/aromatic N) is 2. The summed E-state index contributed by atoms with van der Waals surface area (Å²) in [4.78, 5) is 2.60. The maximum atomic E-state index is 10.6. The van der Waals surface area contributed by atoms with Gasteiger partial charge in [-0.25, -0.2) is 0 Å². The lowest BCUT2D eigenvalue weighted by molar-refractivity contribution is 0.279. The minimum absolute atomic E-state index is 0.0739. The molecule has 0 unspecified atom stereocenters. The molecule has 0 radical (unpaired) electrons. The summed E-state index contributed by atoms with van der Waals surface area (Å²) in [6.45, 7) is 3.99. The average Bonchev–Trinajstić information content (AvgIpc) is 2.83. The zero-order valence-corrected chi connectivity index (χ0v) is 14.1. The van der Waals surface area contributed by atoms with Crippen molar-refractivity contribution in [3.05, 3.63) is 39.2 Å². The molecule has 3 rings (SSSR count). The molecule has 1 aliphatic heterocycles. The minimum Gasteiger partial charge on any atom is -0.493 e. The van der Waals surface area contributed by atoms with E-state index in [0.717, 1.165) is 31.6 Å². The maximum absolute atomic E-state index is 10.6. The number of hydrogen-bond donors (Lipinski definition) is 2. The number of aromatic hydroxyl groups is 1. The third-order valence-corrected chi connectivity index (χ3v) is 5.49. The quantitative estimate of drug-likeness (QED) is 0.495. The Hall–Kier alpha value is -1.66. The standard InChI is InChI=1S/C16H19N3OS2/c1-11-7-9-18(10-8-11)14(17)13-15(20)19(16(21)22-13)12-5-3-2-4-6-12/h2-6,11,17,20H,7-10H2,1H3. The van der Waals surface area contributed by atoms with Crippen molar-refractivity contribution in [1.82, 2.24) is 9.47 Å². The summed E-state index contributed by atoms with van der Waals surface area (Å²) >= 11 is 6.69. The van der Waals surface area contributed by atoms with E-state index in [2.05, 4.69) is 6.92 Å². The number of piperidine rings is 1. The van der Waals surface area contributed by atoms with E-state index in [4.69, 9.17) is 17.6 Å². The monoisotopic (exact) mass is 333 g/mol. The van der Waals surface area contributed by atoms with E-state index in [-0.39, 0.29) is 5.88 Å². The van der Waals surface area contributed by atoms with Gasteiger partial charge in [-0.2, -0.15) is 0 Å². The van der Waals surface area contributed by atoms with Crippen LogP contribution in [-0.2, 0) is 0 Å². The largest absolute Gasteiger partial charge is 0.493 e. The second kappa shape index (κ2) is 6.22. The van der Waals surface area contributed by atoms with Crippen molar-refractivity contribution in [2.75, 3.05) is 13.1 Å². The topological polar surface area (TPSA) is 52.2 Å². The smallest absolute Gasteiger partial charge is 0.219 e. The van der Waals surface area contributed by atoms with E-state index in [1.165, 1.54) is 11.3 Å². The molecule has 0 aliphatic carbocycles. The SMILES string of the molecule is CC1CCN(C(=N)c2sc(=S)n(-c3ccccc3)c2O)CC1. The highest BCUT2D eigenvalue weighted by molar-refractivity contribution is 7.73. The summed E-state index contributed by atoms with van der Waals surface area (Å²) in [5, 5.41) is 19.0. The molecule has 116 valence electrons. The Bertz CT molecular complexity index is 728. The lowest BCUT2D eigenvalue weighted by Crippen LogP contribution is -2.37. The summed E-state index contributed by atoms with van der Waals surface area (Å²) < 4.78 is 2.20. The lowest BCUT2D eigenvalue weighted by Gasteiger charge is -2.31. The van der Waals surface area contributed by atoms with Crippen molar-refractivity contribution in [1.29, 1.82) is 5.41 Å². The van der Waals surface area contributed by atoms with Gasteiger partial charge in [0.25, 0.3) is 0 Å². The molecule has 0 bridgehead atoms. The fourth-order valence-electron chi connectivity index (χ4n) is 2.70. The molecular weight excluding hydrogens is 314 g/mol. The number of benzene rings is 1. The van der Waals surface area contributed by atoms with Gasteiger partial charge in [0, 0.05) is 13.1 Å². The van der Waals surface area contributed by atoms with Gasteiger partial charge in [-0.1, -0.05) is 36.5 Å². The Morgan fingerprint density at radius 3 is 2.55 bits per heavy atom. The fraction of sp³-hybridized carbons (Fsp3) is 0.375. The normalized spacial score (nSPS) is 16.0. The predicted molar refractivity (Wildman–Crippen MR) is 92.9 cm³/mol. The Labute approximate surface area is 139 Å². The number of likely N-dealkylation sites (tertiary alicyclic amines) is 1. The highest BCUT2D eigenvalue weighted by Crippen LogP contribution is 2.31. The summed E-state index contributed by atoms with van der Waals surface area (Å²) in [6.07, 6.45) is 2.18. The van der Waals surface area contributed by atoms with Crippen LogP contribution < -0.4 is 0 Å². The lowest BCUT2D eigenvalue weighted by atomic mass is 9.99. The number of para-hydroxylation sites is 1. The number of hydrogen-bond acceptors (Lipinski definition) is 4. The predicted octanol–water partition coefficient (Wildman–Crippen LogP) is 4.03. The van der Waals surface area contributed by atoms with Crippen LogP contribution in [0.2, 0.25) is 0 Å². The molecule has 1 fully saturated rings. The van der Waals surface area contributed by atoms with Crippen LogP contribution in [0.3, 0.4) is 0 Å². The first-order chi connectivity index (χ1) is 10.6. The molecule has 1 aromatic heterocycles. The maximum Gasteiger partial charge on any atom is 0.219 e. The van der Waals surface area contributed by atoms with Gasteiger partial charge in [0.2, 0.25) is 5.88 Å². The molecule has 1 aromatic carbocycles. The molecule has 0 amide bonds. The average molecular weight is 333 g/mol. The van der Waals surface area contributed by atoms with Crippen LogP contribution >= 0.6 is 23.6 Å². The summed E-state index contributed by atoms with van der Waals surface area (Å²) in [7, 11) is 0. The van der Waals surface area contributed by atoms with Crippen LogP contribution in [0.5, 0.6) is 5.88 Å². The highest BCUT2D eigenvalue weighted by Gasteiger charge is 2.24. The van der Waals surface area contributed by atoms with Crippen LogP contribution in [0.25, 0.3) is 5.69 Å². The number of thiazole rings is 1. The molecule has 4 nitrogen and oxygen atoms in total. The fourth-order valence-corrected chi connectivity index (χ4v) is 4.01. The molecular formula is C16H19N3OS2.